The summed E-state index contributed by atoms with van der Waals surface area (Å²) in [7, 11) is 1.62. The Morgan fingerprint density at radius 1 is 1.32 bits per heavy atom. The van der Waals surface area contributed by atoms with Gasteiger partial charge in [-0.2, -0.15) is 0 Å². The molecule has 19 heavy (non-hydrogen) atoms. The average molecular weight is 262 g/mol. The molecule has 0 saturated heterocycles. The summed E-state index contributed by atoms with van der Waals surface area (Å²) in [6.45, 7) is 3.57. The topological polar surface area (TPSA) is 56.4 Å². The molecule has 0 aliphatic carbocycles. The lowest BCUT2D eigenvalue weighted by atomic mass is 10.3. The molecule has 0 amide bonds. The first-order valence-electron chi connectivity index (χ1n) is 6.17. The smallest absolute Gasteiger partial charge is 0.250 e. The predicted octanol–water partition coefficient (Wildman–Crippen LogP) is 2.01. The summed E-state index contributed by atoms with van der Waals surface area (Å²) in [6, 6.07) is 7.17. The van der Waals surface area contributed by atoms with E-state index in [1.54, 1.807) is 30.0 Å². The molecule has 0 spiro atoms. The average Bonchev–Trinajstić information content (AvgIpc) is 2.82. The van der Waals surface area contributed by atoms with Crippen LogP contribution in [-0.4, -0.2) is 18.3 Å². The fourth-order valence-corrected chi connectivity index (χ4v) is 1.77. The molecule has 0 fully saturated rings. The number of hydrogen-bond donors (Lipinski definition) is 1. The van der Waals surface area contributed by atoms with E-state index in [1.165, 1.54) is 0 Å². The lowest BCUT2D eigenvalue weighted by Crippen LogP contribution is -2.21. The Morgan fingerprint density at radius 2 is 2.16 bits per heavy atom. The molecule has 0 bridgehead atoms. The van der Waals surface area contributed by atoms with E-state index < -0.39 is 0 Å². The summed E-state index contributed by atoms with van der Waals surface area (Å²) in [5.74, 6) is 1.76. The molecule has 0 radical (unpaired) electrons. The molecule has 0 saturated carbocycles. The van der Waals surface area contributed by atoms with Crippen molar-refractivity contribution in [3.05, 3.63) is 52.3 Å². The van der Waals surface area contributed by atoms with Crippen LogP contribution >= 0.6 is 0 Å². The first-order valence-corrected chi connectivity index (χ1v) is 6.17. The number of ether oxygens (including phenoxy) is 1. The summed E-state index contributed by atoms with van der Waals surface area (Å²) in [6.07, 6.45) is 1.79. The van der Waals surface area contributed by atoms with Gasteiger partial charge >= 0.3 is 0 Å². The van der Waals surface area contributed by atoms with E-state index in [0.717, 1.165) is 17.2 Å². The van der Waals surface area contributed by atoms with Crippen LogP contribution in [0.2, 0.25) is 0 Å². The molecule has 102 valence electrons. The Morgan fingerprint density at radius 3 is 2.84 bits per heavy atom. The van der Waals surface area contributed by atoms with Gasteiger partial charge in [-0.3, -0.25) is 4.79 Å². The van der Waals surface area contributed by atoms with Gasteiger partial charge in [0.05, 0.1) is 18.8 Å². The first kappa shape index (κ1) is 13.4. The first-order chi connectivity index (χ1) is 9.19. The number of methoxy groups -OCH3 is 1. The van der Waals surface area contributed by atoms with Gasteiger partial charge in [-0.05, 0) is 25.1 Å². The highest BCUT2D eigenvalue weighted by molar-refractivity contribution is 5.40. The normalized spacial score (nSPS) is 10.6. The Kier molecular flexibility index (Phi) is 4.41. The zero-order valence-electron chi connectivity index (χ0n) is 11.2. The van der Waals surface area contributed by atoms with Gasteiger partial charge in [-0.25, -0.2) is 0 Å². The Bertz CT molecular complexity index is 586. The van der Waals surface area contributed by atoms with E-state index in [1.807, 2.05) is 19.1 Å². The third kappa shape index (κ3) is 3.72. The molecule has 0 aromatic carbocycles. The number of rotatable bonds is 6. The molecule has 0 aliphatic rings. The van der Waals surface area contributed by atoms with Gasteiger partial charge in [0.15, 0.2) is 0 Å². The molecule has 5 nitrogen and oxygen atoms in total. The molecular formula is C14H18N2O3. The Balaban J connectivity index is 2.02. The minimum absolute atomic E-state index is 0.0311. The molecule has 1 N–H and O–H groups in total. The Hall–Kier alpha value is -2.01. The van der Waals surface area contributed by atoms with Gasteiger partial charge in [-0.1, -0.05) is 0 Å². The second-order valence-electron chi connectivity index (χ2n) is 4.31. The maximum absolute atomic E-state index is 11.6. The predicted molar refractivity (Wildman–Crippen MR) is 73.3 cm³/mol. The minimum Gasteiger partial charge on any atom is -0.465 e. The van der Waals surface area contributed by atoms with E-state index in [0.29, 0.717) is 19.7 Å². The number of aryl methyl sites for hydroxylation is 1. The van der Waals surface area contributed by atoms with E-state index >= 15 is 0 Å². The van der Waals surface area contributed by atoms with Crippen LogP contribution in [0.4, 0.5) is 5.69 Å². The standard InChI is InChI=1S/C14H18N2O3/c1-11-3-5-13(19-11)9-15-12-4-6-14(17)16(10-12)7-8-18-2/h3-6,10,15H,7-9H2,1-2H3. The van der Waals surface area contributed by atoms with E-state index in [2.05, 4.69) is 5.32 Å². The molecule has 0 atom stereocenters. The number of pyridine rings is 1. The lowest BCUT2D eigenvalue weighted by Gasteiger charge is -2.09. The van der Waals surface area contributed by atoms with Crippen molar-refractivity contribution in [3.8, 4) is 0 Å². The van der Waals surface area contributed by atoms with Crippen LogP contribution in [0.1, 0.15) is 11.5 Å². The quantitative estimate of drug-likeness (QED) is 0.865. The van der Waals surface area contributed by atoms with E-state index in [-0.39, 0.29) is 5.56 Å². The van der Waals surface area contributed by atoms with Crippen molar-refractivity contribution < 1.29 is 9.15 Å². The second kappa shape index (κ2) is 6.24. The molecule has 5 heteroatoms. The van der Waals surface area contributed by atoms with Crippen LogP contribution in [0.5, 0.6) is 0 Å². The molecule has 2 rings (SSSR count). The number of nitrogens with zero attached hydrogens (tertiary/aromatic N) is 1. The zero-order chi connectivity index (χ0) is 13.7. The Labute approximate surface area is 111 Å². The monoisotopic (exact) mass is 262 g/mol. The maximum Gasteiger partial charge on any atom is 0.250 e. The van der Waals surface area contributed by atoms with Crippen molar-refractivity contribution in [2.24, 2.45) is 0 Å². The van der Waals surface area contributed by atoms with Crippen LogP contribution in [0.3, 0.4) is 0 Å². The van der Waals surface area contributed by atoms with Crippen molar-refractivity contribution in [2.75, 3.05) is 19.0 Å². The highest BCUT2D eigenvalue weighted by Gasteiger charge is 2.01. The van der Waals surface area contributed by atoms with Gasteiger partial charge in [0.2, 0.25) is 0 Å². The van der Waals surface area contributed by atoms with Crippen LogP contribution in [0, 0.1) is 6.92 Å². The maximum atomic E-state index is 11.6. The molecule has 2 aromatic heterocycles. The van der Waals surface area contributed by atoms with Gasteiger partial charge < -0.3 is 19.0 Å². The van der Waals surface area contributed by atoms with E-state index in [4.69, 9.17) is 9.15 Å². The van der Waals surface area contributed by atoms with Crippen LogP contribution in [-0.2, 0) is 17.8 Å². The van der Waals surface area contributed by atoms with Gasteiger partial charge in [0, 0.05) is 25.9 Å². The lowest BCUT2D eigenvalue weighted by molar-refractivity contribution is 0.186. The summed E-state index contributed by atoms with van der Waals surface area (Å²) < 4.78 is 12.1. The fourth-order valence-electron chi connectivity index (χ4n) is 1.77. The van der Waals surface area contributed by atoms with Gasteiger partial charge in [0.1, 0.15) is 11.5 Å². The third-order valence-electron chi connectivity index (χ3n) is 2.78. The van der Waals surface area contributed by atoms with Crippen molar-refractivity contribution in [3.63, 3.8) is 0 Å². The third-order valence-corrected chi connectivity index (χ3v) is 2.78. The number of aromatic nitrogens is 1. The van der Waals surface area contributed by atoms with Crippen molar-refractivity contribution in [1.29, 1.82) is 0 Å². The highest BCUT2D eigenvalue weighted by atomic mass is 16.5. The minimum atomic E-state index is -0.0311. The SMILES string of the molecule is COCCn1cc(NCc2ccc(C)o2)ccc1=O. The van der Waals surface area contributed by atoms with Gasteiger partial charge in [0.25, 0.3) is 5.56 Å². The summed E-state index contributed by atoms with van der Waals surface area (Å²) in [4.78, 5) is 11.6. The van der Waals surface area contributed by atoms with E-state index in [9.17, 15) is 4.79 Å². The van der Waals surface area contributed by atoms with Crippen molar-refractivity contribution in [2.45, 2.75) is 20.0 Å². The largest absolute Gasteiger partial charge is 0.465 e. The summed E-state index contributed by atoms with van der Waals surface area (Å²) in [5.41, 5.74) is 0.848. The second-order valence-corrected chi connectivity index (χ2v) is 4.31. The van der Waals surface area contributed by atoms with Crippen LogP contribution in [0.15, 0.2) is 39.7 Å². The summed E-state index contributed by atoms with van der Waals surface area (Å²) >= 11 is 0. The van der Waals surface area contributed by atoms with Crippen LogP contribution < -0.4 is 10.9 Å². The van der Waals surface area contributed by atoms with Crippen molar-refractivity contribution >= 4 is 5.69 Å². The zero-order valence-corrected chi connectivity index (χ0v) is 11.2. The fraction of sp³-hybridized carbons (Fsp3) is 0.357. The number of anilines is 1. The highest BCUT2D eigenvalue weighted by Crippen LogP contribution is 2.10. The van der Waals surface area contributed by atoms with Crippen LogP contribution in [0.25, 0.3) is 0 Å². The number of nitrogens with one attached hydrogen (secondary N) is 1. The summed E-state index contributed by atoms with van der Waals surface area (Å²) in [5, 5.41) is 3.22. The number of furan rings is 1. The van der Waals surface area contributed by atoms with Gasteiger partial charge in [-0.15, -0.1) is 0 Å². The molecule has 0 unspecified atom stereocenters. The van der Waals surface area contributed by atoms with Crippen molar-refractivity contribution in [1.82, 2.24) is 4.57 Å². The molecule has 2 aromatic rings. The molecule has 2 heterocycles. The number of hydrogen-bond acceptors (Lipinski definition) is 4. The molecule has 0 aliphatic heterocycles. The molecular weight excluding hydrogens is 244 g/mol.